The molecular weight excluding hydrogens is 318 g/mol. The molecule has 1 aromatic heterocycles. The second-order valence-corrected chi connectivity index (χ2v) is 4.93. The highest BCUT2D eigenvalue weighted by Crippen LogP contribution is 2.37. The maximum Gasteiger partial charge on any atom is 0.257 e. The van der Waals surface area contributed by atoms with E-state index in [1.165, 1.54) is 13.2 Å². The second kappa shape index (κ2) is 8.17. The number of amides is 1. The molecule has 1 heterocycles. The van der Waals surface area contributed by atoms with Crippen LogP contribution in [0.5, 0.6) is 11.5 Å². The van der Waals surface area contributed by atoms with Gasteiger partial charge in [0.15, 0.2) is 11.5 Å². The lowest BCUT2D eigenvalue weighted by Crippen LogP contribution is -2.27. The zero-order valence-electron chi connectivity index (χ0n) is 12.5. The van der Waals surface area contributed by atoms with E-state index >= 15 is 0 Å². The van der Waals surface area contributed by atoms with Crippen LogP contribution in [0.25, 0.3) is 6.08 Å². The molecule has 0 saturated heterocycles. The smallest absolute Gasteiger partial charge is 0.257 e. The maximum atomic E-state index is 11.1. The van der Waals surface area contributed by atoms with Crippen LogP contribution in [0.2, 0.25) is 5.02 Å². The monoisotopic (exact) mass is 333 g/mol. The molecule has 2 aromatic rings. The number of halogens is 1. The summed E-state index contributed by atoms with van der Waals surface area (Å²) in [5.74, 6) is 5.49. The van der Waals surface area contributed by atoms with E-state index in [0.29, 0.717) is 28.7 Å². The van der Waals surface area contributed by atoms with Crippen molar-refractivity contribution in [1.29, 1.82) is 0 Å². The number of methoxy groups -OCH3 is 1. The fraction of sp³-hybridized carbons (Fsp3) is 0.125. The normalized spacial score (nSPS) is 10.6. The van der Waals surface area contributed by atoms with Gasteiger partial charge in [0, 0.05) is 24.0 Å². The number of nitrogens with one attached hydrogen (secondary N) is 1. The average molecular weight is 334 g/mol. The molecule has 0 fully saturated rings. The number of nitrogens with two attached hydrogens (primary N) is 1. The minimum Gasteiger partial charge on any atom is -0.493 e. The number of hydrogen-bond donors (Lipinski definition) is 2. The fourth-order valence-corrected chi connectivity index (χ4v) is 2.11. The zero-order chi connectivity index (χ0) is 16.7. The van der Waals surface area contributed by atoms with Gasteiger partial charge < -0.3 is 9.47 Å². The molecule has 2 rings (SSSR count). The minimum atomic E-state index is -0.419. The first-order valence-electron chi connectivity index (χ1n) is 6.72. The molecule has 120 valence electrons. The van der Waals surface area contributed by atoms with Crippen molar-refractivity contribution in [3.63, 3.8) is 0 Å². The van der Waals surface area contributed by atoms with Gasteiger partial charge in [-0.15, -0.1) is 0 Å². The van der Waals surface area contributed by atoms with E-state index in [1.54, 1.807) is 30.6 Å². The van der Waals surface area contributed by atoms with Crippen LogP contribution >= 0.6 is 11.6 Å². The number of nitrogens with zero attached hydrogens (tertiary/aromatic N) is 1. The summed E-state index contributed by atoms with van der Waals surface area (Å²) in [5.41, 5.74) is 3.60. The Morgan fingerprint density at radius 1 is 1.48 bits per heavy atom. The van der Waals surface area contributed by atoms with Crippen LogP contribution in [0.15, 0.2) is 42.7 Å². The molecule has 0 unspecified atom stereocenters. The number of ether oxygens (including phenoxy) is 2. The molecular formula is C16H16ClN3O3. The standard InChI is InChI=1S/C16H16ClN3O3/c1-22-14-8-11(4-5-15(21)20-18)7-13(17)16(14)23-10-12-3-2-6-19-9-12/h2-9H,10,18H2,1H3,(H,20,21)/b5-4+. The number of carbonyl (C=O) groups excluding carboxylic acids is 1. The quantitative estimate of drug-likeness (QED) is 0.367. The molecule has 0 atom stereocenters. The van der Waals surface area contributed by atoms with Crippen LogP contribution in [0.3, 0.4) is 0 Å². The van der Waals surface area contributed by atoms with Crippen LogP contribution in [0, 0.1) is 0 Å². The van der Waals surface area contributed by atoms with E-state index in [4.69, 9.17) is 26.9 Å². The van der Waals surface area contributed by atoms with Crippen molar-refractivity contribution in [2.24, 2.45) is 5.84 Å². The van der Waals surface area contributed by atoms with E-state index in [1.807, 2.05) is 17.6 Å². The molecule has 0 aliphatic carbocycles. The van der Waals surface area contributed by atoms with E-state index < -0.39 is 5.91 Å². The molecule has 7 heteroatoms. The SMILES string of the molecule is COc1cc(/C=C/C(=O)NN)cc(Cl)c1OCc1cccnc1. The Balaban J connectivity index is 2.19. The summed E-state index contributed by atoms with van der Waals surface area (Å²) in [6.07, 6.45) is 6.27. The molecule has 0 bridgehead atoms. The van der Waals surface area contributed by atoms with Gasteiger partial charge in [-0.25, -0.2) is 5.84 Å². The Hall–Kier alpha value is -2.57. The van der Waals surface area contributed by atoms with E-state index in [9.17, 15) is 4.79 Å². The van der Waals surface area contributed by atoms with Gasteiger partial charge in [-0.3, -0.25) is 15.2 Å². The molecule has 3 N–H and O–H groups in total. The minimum absolute atomic E-state index is 0.314. The summed E-state index contributed by atoms with van der Waals surface area (Å²) in [5, 5.41) is 0.376. The largest absolute Gasteiger partial charge is 0.493 e. The molecule has 1 amide bonds. The molecule has 6 nitrogen and oxygen atoms in total. The number of aromatic nitrogens is 1. The summed E-state index contributed by atoms with van der Waals surface area (Å²) in [6, 6.07) is 7.11. The van der Waals surface area contributed by atoms with Gasteiger partial charge in [-0.05, 0) is 29.8 Å². The third kappa shape index (κ3) is 4.70. The average Bonchev–Trinajstić information content (AvgIpc) is 2.59. The summed E-state index contributed by atoms with van der Waals surface area (Å²) < 4.78 is 11.0. The molecule has 0 aliphatic rings. The second-order valence-electron chi connectivity index (χ2n) is 4.53. The molecule has 0 saturated carbocycles. The lowest BCUT2D eigenvalue weighted by Gasteiger charge is -2.13. The summed E-state index contributed by atoms with van der Waals surface area (Å²) in [6.45, 7) is 0.314. The van der Waals surface area contributed by atoms with Gasteiger partial charge in [0.1, 0.15) is 6.61 Å². The summed E-state index contributed by atoms with van der Waals surface area (Å²) >= 11 is 6.25. The van der Waals surface area contributed by atoms with Crippen molar-refractivity contribution in [2.45, 2.75) is 6.61 Å². The highest BCUT2D eigenvalue weighted by atomic mass is 35.5. The number of carbonyl (C=O) groups is 1. The Bertz CT molecular complexity index is 705. The summed E-state index contributed by atoms with van der Waals surface area (Å²) in [4.78, 5) is 15.2. The van der Waals surface area contributed by atoms with Crippen molar-refractivity contribution in [3.8, 4) is 11.5 Å². The Morgan fingerprint density at radius 2 is 2.30 bits per heavy atom. The van der Waals surface area contributed by atoms with Crippen molar-refractivity contribution in [2.75, 3.05) is 7.11 Å². The van der Waals surface area contributed by atoms with Gasteiger partial charge in [0.25, 0.3) is 5.91 Å². The predicted molar refractivity (Wildman–Crippen MR) is 87.9 cm³/mol. The highest BCUT2D eigenvalue weighted by molar-refractivity contribution is 6.32. The first-order chi connectivity index (χ1) is 11.1. The van der Waals surface area contributed by atoms with Gasteiger partial charge in [-0.1, -0.05) is 17.7 Å². The Kier molecular flexibility index (Phi) is 5.96. The van der Waals surface area contributed by atoms with Crippen molar-refractivity contribution >= 4 is 23.6 Å². The van der Waals surface area contributed by atoms with Crippen LogP contribution in [-0.2, 0) is 11.4 Å². The van der Waals surface area contributed by atoms with Crippen LogP contribution in [0.4, 0.5) is 0 Å². The highest BCUT2D eigenvalue weighted by Gasteiger charge is 2.11. The molecule has 0 spiro atoms. The van der Waals surface area contributed by atoms with Crippen molar-refractivity contribution in [1.82, 2.24) is 10.4 Å². The van der Waals surface area contributed by atoms with Crippen LogP contribution < -0.4 is 20.7 Å². The topological polar surface area (TPSA) is 86.5 Å². The lowest BCUT2D eigenvalue weighted by molar-refractivity contribution is -0.116. The van der Waals surface area contributed by atoms with E-state index in [0.717, 1.165) is 5.56 Å². The number of hydrogen-bond acceptors (Lipinski definition) is 5. The Labute approximate surface area is 138 Å². The van der Waals surface area contributed by atoms with Gasteiger partial charge in [0.2, 0.25) is 0 Å². The number of benzene rings is 1. The summed E-state index contributed by atoms with van der Waals surface area (Å²) in [7, 11) is 1.52. The third-order valence-electron chi connectivity index (χ3n) is 2.93. The number of pyridine rings is 1. The van der Waals surface area contributed by atoms with Crippen molar-refractivity contribution < 1.29 is 14.3 Å². The first kappa shape index (κ1) is 16.8. The Morgan fingerprint density at radius 3 is 2.96 bits per heavy atom. The number of rotatable bonds is 6. The predicted octanol–water partition coefficient (Wildman–Crippen LogP) is 2.33. The third-order valence-corrected chi connectivity index (χ3v) is 3.21. The van der Waals surface area contributed by atoms with Crippen LogP contribution in [-0.4, -0.2) is 18.0 Å². The van der Waals surface area contributed by atoms with Crippen LogP contribution in [0.1, 0.15) is 11.1 Å². The van der Waals surface area contributed by atoms with E-state index in [-0.39, 0.29) is 0 Å². The van der Waals surface area contributed by atoms with Gasteiger partial charge in [0.05, 0.1) is 12.1 Å². The fourth-order valence-electron chi connectivity index (χ4n) is 1.84. The molecule has 0 aliphatic heterocycles. The lowest BCUT2D eigenvalue weighted by atomic mass is 10.2. The molecule has 1 aromatic carbocycles. The van der Waals surface area contributed by atoms with Gasteiger partial charge >= 0.3 is 0 Å². The molecule has 23 heavy (non-hydrogen) atoms. The maximum absolute atomic E-state index is 11.1. The van der Waals surface area contributed by atoms with Gasteiger partial charge in [-0.2, -0.15) is 0 Å². The van der Waals surface area contributed by atoms with E-state index in [2.05, 4.69) is 4.98 Å². The first-order valence-corrected chi connectivity index (χ1v) is 7.09. The zero-order valence-corrected chi connectivity index (χ0v) is 13.2. The molecule has 0 radical (unpaired) electrons. The van der Waals surface area contributed by atoms with Crippen molar-refractivity contribution in [3.05, 3.63) is 58.9 Å². The number of hydrazine groups is 1.